The second kappa shape index (κ2) is 14.3. The number of nitrogens with one attached hydrogen (secondary N) is 1. The van der Waals surface area contributed by atoms with E-state index in [0.717, 1.165) is 24.5 Å². The zero-order valence-electron chi connectivity index (χ0n) is 21.0. The first-order valence-corrected chi connectivity index (χ1v) is 14.4. The van der Waals surface area contributed by atoms with Crippen LogP contribution >= 0.6 is 47.8 Å². The van der Waals surface area contributed by atoms with Gasteiger partial charge in [-0.1, -0.05) is 74.3 Å². The van der Waals surface area contributed by atoms with E-state index in [9.17, 15) is 4.79 Å². The van der Waals surface area contributed by atoms with Crippen LogP contribution in [0.5, 0.6) is 17.2 Å². The fourth-order valence-electron chi connectivity index (χ4n) is 3.56. The van der Waals surface area contributed by atoms with Crippen molar-refractivity contribution in [3.8, 4) is 17.2 Å². The molecule has 0 aliphatic carbocycles. The van der Waals surface area contributed by atoms with Crippen molar-refractivity contribution in [2.24, 2.45) is 5.10 Å². The first-order chi connectivity index (χ1) is 18.9. The van der Waals surface area contributed by atoms with E-state index in [1.54, 1.807) is 24.4 Å². The molecule has 6 nitrogen and oxygen atoms in total. The van der Waals surface area contributed by atoms with E-state index in [2.05, 4.69) is 58.3 Å². The summed E-state index contributed by atoms with van der Waals surface area (Å²) >= 11 is 10.5. The van der Waals surface area contributed by atoms with Gasteiger partial charge in [0.1, 0.15) is 19.0 Å². The van der Waals surface area contributed by atoms with Crippen LogP contribution in [0.4, 0.5) is 0 Å². The van der Waals surface area contributed by atoms with Crippen molar-refractivity contribution in [3.63, 3.8) is 0 Å². The number of nitrogens with zero attached hydrogens (tertiary/aromatic N) is 1. The number of hydrazone groups is 1. The Labute approximate surface area is 252 Å². The van der Waals surface area contributed by atoms with Crippen LogP contribution in [0.2, 0.25) is 0 Å². The molecule has 39 heavy (non-hydrogen) atoms. The fraction of sp³-hybridized carbons (Fsp3) is 0.133. The molecule has 9 heteroatoms. The van der Waals surface area contributed by atoms with Crippen LogP contribution < -0.4 is 19.6 Å². The van der Waals surface area contributed by atoms with Gasteiger partial charge in [0.15, 0.2) is 11.5 Å². The van der Waals surface area contributed by atoms with Crippen molar-refractivity contribution < 1.29 is 19.0 Å². The highest BCUT2D eigenvalue weighted by molar-refractivity contribution is 9.11. The van der Waals surface area contributed by atoms with Crippen molar-refractivity contribution in [2.75, 3.05) is 6.61 Å². The van der Waals surface area contributed by atoms with Crippen molar-refractivity contribution in [1.82, 2.24) is 5.43 Å². The summed E-state index contributed by atoms with van der Waals surface area (Å²) in [4.78, 5) is 12.9. The molecule has 4 aromatic rings. The van der Waals surface area contributed by atoms with Crippen LogP contribution in [0.15, 0.2) is 103 Å². The van der Waals surface area contributed by atoms with E-state index >= 15 is 0 Å². The van der Waals surface area contributed by atoms with E-state index in [4.69, 9.17) is 14.2 Å². The van der Waals surface area contributed by atoms with Gasteiger partial charge >= 0.3 is 0 Å². The van der Waals surface area contributed by atoms with Gasteiger partial charge in [-0.25, -0.2) is 5.43 Å². The molecular formula is C30H25Br3N2O4. The van der Waals surface area contributed by atoms with E-state index in [1.807, 2.05) is 73.7 Å². The summed E-state index contributed by atoms with van der Waals surface area (Å²) < 4.78 is 20.3. The number of amides is 1. The molecule has 0 unspecified atom stereocenters. The third-order valence-corrected chi connectivity index (χ3v) is 7.02. The minimum Gasteiger partial charge on any atom is -0.490 e. The molecule has 0 aliphatic heterocycles. The van der Waals surface area contributed by atoms with Crippen LogP contribution in [0.1, 0.15) is 34.0 Å². The monoisotopic (exact) mass is 714 g/mol. The molecule has 1 amide bonds. The molecule has 4 aromatic carbocycles. The lowest BCUT2D eigenvalue weighted by Crippen LogP contribution is -2.18. The third-order valence-electron chi connectivity index (χ3n) is 5.45. The molecule has 0 saturated carbocycles. The lowest BCUT2D eigenvalue weighted by atomic mass is 10.2. The SMILES string of the molecule is CCOc1cc(C(=O)N/N=C/c2cc(Br)cc(Br)c2OCc2ccc(Br)cc2)ccc1OCc1ccccc1. The molecule has 0 aromatic heterocycles. The van der Waals surface area contributed by atoms with Gasteiger partial charge in [-0.15, -0.1) is 0 Å². The first kappa shape index (κ1) is 28.9. The Morgan fingerprint density at radius 1 is 0.795 bits per heavy atom. The lowest BCUT2D eigenvalue weighted by Gasteiger charge is -2.13. The zero-order chi connectivity index (χ0) is 27.6. The summed E-state index contributed by atoms with van der Waals surface area (Å²) in [6.07, 6.45) is 1.55. The Morgan fingerprint density at radius 3 is 2.26 bits per heavy atom. The highest BCUT2D eigenvalue weighted by atomic mass is 79.9. The van der Waals surface area contributed by atoms with Crippen LogP contribution in [0.25, 0.3) is 0 Å². The Bertz CT molecular complexity index is 1450. The number of benzene rings is 4. The standard InChI is InChI=1S/C30H25Br3N2O4/c1-2-37-28-15-22(10-13-27(28)38-18-20-6-4-3-5-7-20)30(36)35-34-17-23-14-25(32)16-26(33)29(23)39-19-21-8-11-24(31)12-9-21/h3-17H,2,18-19H2,1H3,(H,35,36)/b34-17+. The molecule has 0 aliphatic rings. The lowest BCUT2D eigenvalue weighted by molar-refractivity contribution is 0.0954. The summed E-state index contributed by atoms with van der Waals surface area (Å²) in [6, 6.07) is 26.6. The highest BCUT2D eigenvalue weighted by Gasteiger charge is 2.13. The summed E-state index contributed by atoms with van der Waals surface area (Å²) in [5.41, 5.74) is 5.72. The van der Waals surface area contributed by atoms with E-state index in [1.165, 1.54) is 0 Å². The second-order valence-corrected chi connectivity index (χ2v) is 11.0. The van der Waals surface area contributed by atoms with Crippen molar-refractivity contribution in [3.05, 3.63) is 121 Å². The van der Waals surface area contributed by atoms with Gasteiger partial charge in [-0.3, -0.25) is 4.79 Å². The van der Waals surface area contributed by atoms with E-state index < -0.39 is 0 Å². The molecular weight excluding hydrogens is 692 g/mol. The van der Waals surface area contributed by atoms with Gasteiger partial charge in [0.05, 0.1) is 17.3 Å². The molecule has 200 valence electrons. The molecule has 0 saturated heterocycles. The number of hydrogen-bond donors (Lipinski definition) is 1. The zero-order valence-corrected chi connectivity index (χ0v) is 25.8. The summed E-state index contributed by atoms with van der Waals surface area (Å²) in [6.45, 7) is 3.08. The number of halogens is 3. The minimum absolute atomic E-state index is 0.375. The van der Waals surface area contributed by atoms with E-state index in [-0.39, 0.29) is 5.91 Å². The molecule has 0 heterocycles. The molecule has 1 N–H and O–H groups in total. The number of hydrogen-bond acceptors (Lipinski definition) is 5. The van der Waals surface area contributed by atoms with Crippen molar-refractivity contribution >= 4 is 59.9 Å². The molecule has 4 rings (SSSR count). The van der Waals surface area contributed by atoms with Gasteiger partial charge in [-0.2, -0.15) is 5.10 Å². The normalized spacial score (nSPS) is 10.9. The molecule has 0 bridgehead atoms. The largest absolute Gasteiger partial charge is 0.490 e. The predicted molar refractivity (Wildman–Crippen MR) is 164 cm³/mol. The summed E-state index contributed by atoms with van der Waals surface area (Å²) in [7, 11) is 0. The quantitative estimate of drug-likeness (QED) is 0.125. The van der Waals surface area contributed by atoms with Crippen LogP contribution in [0, 0.1) is 0 Å². The van der Waals surface area contributed by atoms with Gasteiger partial charge in [0, 0.05) is 20.1 Å². The first-order valence-electron chi connectivity index (χ1n) is 12.1. The van der Waals surface area contributed by atoms with Gasteiger partial charge < -0.3 is 14.2 Å². The number of rotatable bonds is 11. The summed E-state index contributed by atoms with van der Waals surface area (Å²) in [5, 5.41) is 4.18. The number of carbonyl (C=O) groups excluding carboxylic acids is 1. The average molecular weight is 717 g/mol. The third kappa shape index (κ3) is 8.42. The smallest absolute Gasteiger partial charge is 0.271 e. The Balaban J connectivity index is 1.44. The topological polar surface area (TPSA) is 69.2 Å². The number of carbonyl (C=O) groups is 1. The van der Waals surface area contributed by atoms with Crippen molar-refractivity contribution in [2.45, 2.75) is 20.1 Å². The van der Waals surface area contributed by atoms with Gasteiger partial charge in [0.25, 0.3) is 5.91 Å². The van der Waals surface area contributed by atoms with Crippen molar-refractivity contribution in [1.29, 1.82) is 0 Å². The van der Waals surface area contributed by atoms with Gasteiger partial charge in [0.2, 0.25) is 0 Å². The molecule has 0 fully saturated rings. The van der Waals surface area contributed by atoms with Crippen LogP contribution in [-0.2, 0) is 13.2 Å². The van der Waals surface area contributed by atoms with Crippen LogP contribution in [0.3, 0.4) is 0 Å². The Hall–Kier alpha value is -3.14. The second-order valence-electron chi connectivity index (χ2n) is 8.29. The maximum absolute atomic E-state index is 12.9. The number of ether oxygens (including phenoxy) is 3. The van der Waals surface area contributed by atoms with E-state index in [0.29, 0.717) is 48.2 Å². The Kier molecular flexibility index (Phi) is 10.6. The predicted octanol–water partition coefficient (Wildman–Crippen LogP) is 8.29. The highest BCUT2D eigenvalue weighted by Crippen LogP contribution is 2.33. The molecule has 0 atom stereocenters. The summed E-state index contributed by atoms with van der Waals surface area (Å²) in [5.74, 6) is 1.28. The Morgan fingerprint density at radius 2 is 1.51 bits per heavy atom. The minimum atomic E-state index is -0.381. The molecule has 0 spiro atoms. The van der Waals surface area contributed by atoms with Gasteiger partial charge in [-0.05, 0) is 76.4 Å². The fourth-order valence-corrected chi connectivity index (χ4v) is 5.20. The molecule has 0 radical (unpaired) electrons. The average Bonchev–Trinajstić information content (AvgIpc) is 2.93. The maximum Gasteiger partial charge on any atom is 0.271 e. The van der Waals surface area contributed by atoms with Crippen LogP contribution in [-0.4, -0.2) is 18.7 Å². The maximum atomic E-state index is 12.9.